The van der Waals surface area contributed by atoms with Crippen LogP contribution in [0.4, 0.5) is 5.69 Å². The summed E-state index contributed by atoms with van der Waals surface area (Å²) in [6.07, 6.45) is 2.03. The van der Waals surface area contributed by atoms with Gasteiger partial charge in [0.15, 0.2) is 0 Å². The van der Waals surface area contributed by atoms with Gasteiger partial charge in [0, 0.05) is 61.4 Å². The highest BCUT2D eigenvalue weighted by atomic mass is 35.5. The first-order chi connectivity index (χ1) is 13.8. The molecule has 0 atom stereocenters. The van der Waals surface area contributed by atoms with Crippen LogP contribution in [0.15, 0.2) is 48.5 Å². The number of carbonyl (C=O) groups excluding carboxylic acids is 1. The number of amides is 1. The van der Waals surface area contributed by atoms with Gasteiger partial charge in [0.2, 0.25) is 5.91 Å². The number of benzene rings is 2. The van der Waals surface area contributed by atoms with Gasteiger partial charge in [-0.25, -0.2) is 0 Å². The number of nitrogens with one attached hydrogen (secondary N) is 2. The number of hydrogen-bond acceptors (Lipinski definition) is 3. The zero-order valence-corrected chi connectivity index (χ0v) is 18.5. The van der Waals surface area contributed by atoms with Crippen LogP contribution in [0, 0.1) is 0 Å². The van der Waals surface area contributed by atoms with Gasteiger partial charge in [-0.1, -0.05) is 36.4 Å². The second-order valence-corrected chi connectivity index (χ2v) is 7.80. The second-order valence-electron chi connectivity index (χ2n) is 7.80. The van der Waals surface area contributed by atoms with Gasteiger partial charge in [-0.2, -0.15) is 0 Å². The van der Waals surface area contributed by atoms with E-state index in [1.807, 2.05) is 11.0 Å². The molecule has 5 rings (SSSR count). The summed E-state index contributed by atoms with van der Waals surface area (Å²) in [6.45, 7) is 5.04. The van der Waals surface area contributed by atoms with E-state index in [1.165, 1.54) is 22.2 Å². The van der Waals surface area contributed by atoms with Crippen molar-refractivity contribution in [2.24, 2.45) is 0 Å². The number of hydrogen-bond donors (Lipinski definition) is 2. The molecule has 1 amide bonds. The van der Waals surface area contributed by atoms with Crippen molar-refractivity contribution in [2.75, 3.05) is 37.6 Å². The SMILES string of the molecule is Cl.Cl.O=C1CN(CCc2ccccc2)CCN1c1ccc2c3c([nH]c2c1)CCNC3. The van der Waals surface area contributed by atoms with Crippen molar-refractivity contribution in [3.8, 4) is 0 Å². The van der Waals surface area contributed by atoms with E-state index in [0.717, 1.165) is 56.8 Å². The molecule has 3 aromatic rings. The van der Waals surface area contributed by atoms with Crippen LogP contribution in [0.5, 0.6) is 0 Å². The Morgan fingerprint density at radius 1 is 1.00 bits per heavy atom. The fraction of sp³-hybridized carbons (Fsp3) is 0.348. The molecular weight excluding hydrogens is 419 g/mol. The lowest BCUT2D eigenvalue weighted by molar-refractivity contribution is -0.121. The second kappa shape index (κ2) is 9.84. The van der Waals surface area contributed by atoms with Crippen molar-refractivity contribution in [1.82, 2.24) is 15.2 Å². The van der Waals surface area contributed by atoms with Crippen LogP contribution >= 0.6 is 24.8 Å². The number of anilines is 1. The van der Waals surface area contributed by atoms with E-state index < -0.39 is 0 Å². The van der Waals surface area contributed by atoms with E-state index in [4.69, 9.17) is 0 Å². The molecule has 0 aliphatic carbocycles. The number of nitrogens with zero attached hydrogens (tertiary/aromatic N) is 2. The van der Waals surface area contributed by atoms with Gasteiger partial charge in [0.25, 0.3) is 0 Å². The summed E-state index contributed by atoms with van der Waals surface area (Å²) in [6, 6.07) is 16.9. The summed E-state index contributed by atoms with van der Waals surface area (Å²) in [5.74, 6) is 0.191. The molecule has 1 aromatic heterocycles. The topological polar surface area (TPSA) is 51.4 Å². The molecule has 2 N–H and O–H groups in total. The molecule has 0 saturated carbocycles. The minimum Gasteiger partial charge on any atom is -0.358 e. The van der Waals surface area contributed by atoms with Crippen LogP contribution in [0.25, 0.3) is 10.9 Å². The van der Waals surface area contributed by atoms with Crippen molar-refractivity contribution in [1.29, 1.82) is 0 Å². The predicted molar refractivity (Wildman–Crippen MR) is 127 cm³/mol. The minimum absolute atomic E-state index is 0. The number of halogens is 2. The first kappa shape index (κ1) is 22.6. The Hall–Kier alpha value is -2.05. The maximum Gasteiger partial charge on any atom is 0.241 e. The molecule has 2 aliphatic rings. The van der Waals surface area contributed by atoms with Crippen molar-refractivity contribution < 1.29 is 4.79 Å². The third-order valence-corrected chi connectivity index (χ3v) is 6.00. The molecule has 1 fully saturated rings. The highest BCUT2D eigenvalue weighted by Crippen LogP contribution is 2.29. The molecular formula is C23H28Cl2N4O. The highest BCUT2D eigenvalue weighted by molar-refractivity contribution is 5.98. The minimum atomic E-state index is 0. The Balaban J connectivity index is 0.00000128. The van der Waals surface area contributed by atoms with Crippen LogP contribution in [0.1, 0.15) is 16.8 Å². The zero-order valence-electron chi connectivity index (χ0n) is 16.9. The number of H-pyrrole nitrogens is 1. The van der Waals surface area contributed by atoms with Crippen molar-refractivity contribution in [2.45, 2.75) is 19.4 Å². The number of carbonyl (C=O) groups is 1. The monoisotopic (exact) mass is 446 g/mol. The Morgan fingerprint density at radius 3 is 2.63 bits per heavy atom. The van der Waals surface area contributed by atoms with Crippen molar-refractivity contribution >= 4 is 47.3 Å². The van der Waals surface area contributed by atoms with Crippen LogP contribution in [-0.2, 0) is 24.2 Å². The van der Waals surface area contributed by atoms with E-state index in [-0.39, 0.29) is 30.7 Å². The van der Waals surface area contributed by atoms with Crippen LogP contribution in [0.3, 0.4) is 0 Å². The Labute approximate surface area is 189 Å². The molecule has 2 aliphatic heterocycles. The smallest absolute Gasteiger partial charge is 0.241 e. The fourth-order valence-corrected chi connectivity index (χ4v) is 4.43. The van der Waals surface area contributed by atoms with Crippen molar-refractivity contribution in [3.63, 3.8) is 0 Å². The Morgan fingerprint density at radius 2 is 1.83 bits per heavy atom. The average Bonchev–Trinajstić information content (AvgIpc) is 3.11. The summed E-state index contributed by atoms with van der Waals surface area (Å²) in [5.41, 5.74) is 6.19. The molecule has 3 heterocycles. The fourth-order valence-electron chi connectivity index (χ4n) is 4.43. The summed E-state index contributed by atoms with van der Waals surface area (Å²) in [4.78, 5) is 20.6. The molecule has 0 unspecified atom stereocenters. The summed E-state index contributed by atoms with van der Waals surface area (Å²) in [7, 11) is 0. The van der Waals surface area contributed by atoms with Gasteiger partial charge in [0.1, 0.15) is 0 Å². The first-order valence-electron chi connectivity index (χ1n) is 10.2. The van der Waals surface area contributed by atoms with Gasteiger partial charge >= 0.3 is 0 Å². The number of aromatic amines is 1. The predicted octanol–water partition coefficient (Wildman–Crippen LogP) is 3.55. The normalized spacial score (nSPS) is 16.7. The van der Waals surface area contributed by atoms with E-state index in [1.54, 1.807) is 0 Å². The third-order valence-electron chi connectivity index (χ3n) is 6.00. The lowest BCUT2D eigenvalue weighted by atomic mass is 10.1. The molecule has 160 valence electrons. The number of rotatable bonds is 4. The molecule has 0 bridgehead atoms. The number of fused-ring (bicyclic) bond motifs is 3. The molecule has 30 heavy (non-hydrogen) atoms. The van der Waals surface area contributed by atoms with Crippen molar-refractivity contribution in [3.05, 3.63) is 65.4 Å². The van der Waals surface area contributed by atoms with Gasteiger partial charge in [-0.3, -0.25) is 9.69 Å². The molecule has 0 spiro atoms. The molecule has 2 aromatic carbocycles. The maximum atomic E-state index is 12.8. The summed E-state index contributed by atoms with van der Waals surface area (Å²) >= 11 is 0. The summed E-state index contributed by atoms with van der Waals surface area (Å²) < 4.78 is 0. The molecule has 5 nitrogen and oxygen atoms in total. The molecule has 1 saturated heterocycles. The van der Waals surface area contributed by atoms with E-state index in [9.17, 15) is 4.79 Å². The lowest BCUT2D eigenvalue weighted by Gasteiger charge is -2.34. The first-order valence-corrected chi connectivity index (χ1v) is 10.2. The van der Waals surface area contributed by atoms with Gasteiger partial charge in [-0.15, -0.1) is 24.8 Å². The Kier molecular flexibility index (Phi) is 7.42. The largest absolute Gasteiger partial charge is 0.358 e. The van der Waals surface area contributed by atoms with Crippen LogP contribution in [-0.4, -0.2) is 48.5 Å². The Bertz CT molecular complexity index is 1010. The summed E-state index contributed by atoms with van der Waals surface area (Å²) in [5, 5.41) is 4.72. The molecule has 7 heteroatoms. The van der Waals surface area contributed by atoms with Gasteiger partial charge in [-0.05, 0) is 29.7 Å². The van der Waals surface area contributed by atoms with E-state index >= 15 is 0 Å². The number of aromatic nitrogens is 1. The standard InChI is InChI=1S/C23H26N4O.2ClH/c28-23-16-26(11-9-17-4-2-1-3-5-17)12-13-27(23)18-6-7-19-20-15-24-10-8-21(20)25-22(19)14-18;;/h1-7,14,24-25H,8-13,15-16H2;2*1H. The van der Waals surface area contributed by atoms with Crippen LogP contribution < -0.4 is 10.2 Å². The zero-order chi connectivity index (χ0) is 18.9. The lowest BCUT2D eigenvalue weighted by Crippen LogP contribution is -2.50. The number of piperazine rings is 1. The quantitative estimate of drug-likeness (QED) is 0.643. The average molecular weight is 447 g/mol. The maximum absolute atomic E-state index is 12.8. The third kappa shape index (κ3) is 4.49. The van der Waals surface area contributed by atoms with Gasteiger partial charge in [0.05, 0.1) is 6.54 Å². The van der Waals surface area contributed by atoms with E-state index in [0.29, 0.717) is 6.54 Å². The molecule has 0 radical (unpaired) electrons. The van der Waals surface area contributed by atoms with Crippen LogP contribution in [0.2, 0.25) is 0 Å². The van der Waals surface area contributed by atoms with Gasteiger partial charge < -0.3 is 15.2 Å². The van der Waals surface area contributed by atoms with E-state index in [2.05, 4.69) is 57.7 Å². The highest BCUT2D eigenvalue weighted by Gasteiger charge is 2.25.